The van der Waals surface area contributed by atoms with Gasteiger partial charge in [0.25, 0.3) is 5.91 Å². The minimum absolute atomic E-state index is 0.358. The second-order valence-corrected chi connectivity index (χ2v) is 5.08. The van der Waals surface area contributed by atoms with Crippen LogP contribution in [-0.4, -0.2) is 17.7 Å². The number of amides is 1. The molecule has 23 heavy (non-hydrogen) atoms. The summed E-state index contributed by atoms with van der Waals surface area (Å²) in [7, 11) is 0. The summed E-state index contributed by atoms with van der Waals surface area (Å²) in [5, 5.41) is 0.889. The van der Waals surface area contributed by atoms with Crippen LogP contribution >= 0.6 is 0 Å². The van der Waals surface area contributed by atoms with Gasteiger partial charge in [-0.15, -0.1) is 5.06 Å². The van der Waals surface area contributed by atoms with E-state index in [1.807, 2.05) is 6.92 Å². The van der Waals surface area contributed by atoms with Gasteiger partial charge < -0.3 is 4.84 Å². The molecule has 118 valence electrons. The van der Waals surface area contributed by atoms with E-state index in [4.69, 9.17) is 4.84 Å². The number of carbonyl (C=O) groups is 3. The molecule has 0 N–H and O–H groups in total. The number of anilines is 1. The molecular weight excluding hydrogens is 294 g/mol. The Morgan fingerprint density at radius 2 is 1.57 bits per heavy atom. The molecule has 0 atom stereocenters. The first-order chi connectivity index (χ1) is 11.0. The van der Waals surface area contributed by atoms with Crippen LogP contribution in [0.15, 0.2) is 54.6 Å². The summed E-state index contributed by atoms with van der Waals surface area (Å²) in [4.78, 5) is 40.7. The van der Waals surface area contributed by atoms with E-state index in [9.17, 15) is 14.4 Å². The quantitative estimate of drug-likeness (QED) is 0.494. The molecule has 0 spiro atoms. The maximum absolute atomic E-state index is 12.0. The third kappa shape index (κ3) is 4.51. The van der Waals surface area contributed by atoms with Crippen molar-refractivity contribution < 1.29 is 19.2 Å². The smallest absolute Gasteiger partial charge is 0.333 e. The van der Waals surface area contributed by atoms with Crippen molar-refractivity contribution in [2.75, 3.05) is 5.06 Å². The van der Waals surface area contributed by atoms with Gasteiger partial charge in [-0.1, -0.05) is 48.0 Å². The largest absolute Gasteiger partial charge is 0.340 e. The van der Waals surface area contributed by atoms with Crippen LogP contribution in [0.5, 0.6) is 0 Å². The van der Waals surface area contributed by atoms with Gasteiger partial charge in [-0.2, -0.15) is 0 Å². The Hall–Kier alpha value is -2.95. The highest BCUT2D eigenvalue weighted by atomic mass is 16.7. The molecule has 5 nitrogen and oxygen atoms in total. The number of hydrogen-bond donors (Lipinski definition) is 0. The zero-order valence-electron chi connectivity index (χ0n) is 13.0. The minimum Gasteiger partial charge on any atom is -0.333 e. The number of rotatable bonds is 4. The van der Waals surface area contributed by atoms with Gasteiger partial charge in [0.2, 0.25) is 0 Å². The lowest BCUT2D eigenvalue weighted by molar-refractivity contribution is -0.149. The summed E-state index contributed by atoms with van der Waals surface area (Å²) in [5.41, 5.74) is 1.88. The number of Topliss-reactive ketones (excluding diaryl/α,β-unsaturated/α-hetero) is 1. The van der Waals surface area contributed by atoms with Crippen LogP contribution in [0.3, 0.4) is 0 Å². The van der Waals surface area contributed by atoms with Crippen molar-refractivity contribution >= 4 is 23.3 Å². The SMILES string of the molecule is CC(=O)N(OC(=O)CC(=O)c1ccccc1)c1ccc(C)cc1. The molecule has 0 aliphatic carbocycles. The van der Waals surface area contributed by atoms with Crippen LogP contribution in [0.25, 0.3) is 0 Å². The van der Waals surface area contributed by atoms with Gasteiger partial charge in [0.05, 0.1) is 5.69 Å². The third-order valence-electron chi connectivity index (χ3n) is 3.15. The first kappa shape index (κ1) is 16.4. The molecule has 0 unspecified atom stereocenters. The molecule has 5 heteroatoms. The maximum atomic E-state index is 12.0. The van der Waals surface area contributed by atoms with Crippen molar-refractivity contribution in [2.24, 2.45) is 0 Å². The number of nitrogens with zero attached hydrogens (tertiary/aromatic N) is 1. The average molecular weight is 311 g/mol. The van der Waals surface area contributed by atoms with Crippen molar-refractivity contribution in [1.29, 1.82) is 0 Å². The van der Waals surface area contributed by atoms with E-state index in [1.165, 1.54) is 6.92 Å². The maximum Gasteiger partial charge on any atom is 0.340 e. The Morgan fingerprint density at radius 1 is 0.957 bits per heavy atom. The summed E-state index contributed by atoms with van der Waals surface area (Å²) < 4.78 is 0. The average Bonchev–Trinajstić information content (AvgIpc) is 2.54. The summed E-state index contributed by atoms with van der Waals surface area (Å²) >= 11 is 0. The first-order valence-corrected chi connectivity index (χ1v) is 7.14. The Labute approximate surface area is 134 Å². The fourth-order valence-electron chi connectivity index (χ4n) is 1.97. The van der Waals surface area contributed by atoms with Crippen LogP contribution < -0.4 is 5.06 Å². The van der Waals surface area contributed by atoms with Crippen molar-refractivity contribution in [2.45, 2.75) is 20.3 Å². The molecule has 0 aliphatic heterocycles. The second kappa shape index (κ2) is 7.35. The van der Waals surface area contributed by atoms with Gasteiger partial charge in [0.15, 0.2) is 5.78 Å². The van der Waals surface area contributed by atoms with Crippen LogP contribution in [0.4, 0.5) is 5.69 Å². The molecule has 1 amide bonds. The van der Waals surface area contributed by atoms with Gasteiger partial charge in [0.1, 0.15) is 6.42 Å². The van der Waals surface area contributed by atoms with Gasteiger partial charge in [-0.3, -0.25) is 9.59 Å². The van der Waals surface area contributed by atoms with E-state index < -0.39 is 18.3 Å². The Bertz CT molecular complexity index is 708. The molecule has 0 fully saturated rings. The number of hydroxylamine groups is 1. The van der Waals surface area contributed by atoms with Crippen molar-refractivity contribution in [1.82, 2.24) is 0 Å². The zero-order chi connectivity index (χ0) is 16.8. The molecule has 0 aliphatic rings. The molecule has 2 rings (SSSR count). The van der Waals surface area contributed by atoms with Crippen molar-refractivity contribution in [3.63, 3.8) is 0 Å². The lowest BCUT2D eigenvalue weighted by atomic mass is 10.1. The fourth-order valence-corrected chi connectivity index (χ4v) is 1.97. The highest BCUT2D eigenvalue weighted by Gasteiger charge is 2.20. The van der Waals surface area contributed by atoms with E-state index >= 15 is 0 Å². The van der Waals surface area contributed by atoms with E-state index in [2.05, 4.69) is 0 Å². The molecule has 0 heterocycles. The molecule has 0 saturated heterocycles. The summed E-state index contributed by atoms with van der Waals surface area (Å²) in [6.07, 6.45) is -0.431. The van der Waals surface area contributed by atoms with E-state index in [0.29, 0.717) is 11.3 Å². The Balaban J connectivity index is 2.05. The van der Waals surface area contributed by atoms with Crippen LogP contribution in [0, 0.1) is 6.92 Å². The molecule has 0 aromatic heterocycles. The van der Waals surface area contributed by atoms with E-state index in [1.54, 1.807) is 54.6 Å². The van der Waals surface area contributed by atoms with Crippen molar-refractivity contribution in [3.05, 3.63) is 65.7 Å². The number of benzene rings is 2. The number of hydrogen-bond acceptors (Lipinski definition) is 4. The number of ketones is 1. The van der Waals surface area contributed by atoms with Gasteiger partial charge in [-0.05, 0) is 19.1 Å². The monoisotopic (exact) mass is 311 g/mol. The topological polar surface area (TPSA) is 63.7 Å². The summed E-state index contributed by atoms with van der Waals surface area (Å²) in [6, 6.07) is 15.4. The molecule has 2 aromatic rings. The first-order valence-electron chi connectivity index (χ1n) is 7.14. The van der Waals surface area contributed by atoms with Gasteiger partial charge in [-0.25, -0.2) is 4.79 Å². The molecule has 2 aromatic carbocycles. The Morgan fingerprint density at radius 3 is 2.13 bits per heavy atom. The second-order valence-electron chi connectivity index (χ2n) is 5.08. The highest BCUT2D eigenvalue weighted by Crippen LogP contribution is 2.16. The predicted molar refractivity (Wildman–Crippen MR) is 85.8 cm³/mol. The standard InChI is InChI=1S/C18H17NO4/c1-13-8-10-16(11-9-13)19(14(2)20)23-18(22)12-17(21)15-6-4-3-5-7-15/h3-11H,12H2,1-2H3. The van der Waals surface area contributed by atoms with E-state index in [0.717, 1.165) is 10.6 Å². The normalized spacial score (nSPS) is 10.0. The molecular formula is C18H17NO4. The van der Waals surface area contributed by atoms with Crippen LogP contribution in [0.1, 0.15) is 29.3 Å². The number of carbonyl (C=O) groups excluding carboxylic acids is 3. The van der Waals surface area contributed by atoms with Gasteiger partial charge in [0, 0.05) is 12.5 Å². The van der Waals surface area contributed by atoms with Gasteiger partial charge >= 0.3 is 5.97 Å². The number of aryl methyl sites for hydroxylation is 1. The lowest BCUT2D eigenvalue weighted by Crippen LogP contribution is -2.32. The summed E-state index contributed by atoms with van der Waals surface area (Å²) in [5.74, 6) is -1.59. The highest BCUT2D eigenvalue weighted by molar-refractivity contribution is 6.06. The zero-order valence-corrected chi connectivity index (χ0v) is 13.0. The molecule has 0 saturated carbocycles. The van der Waals surface area contributed by atoms with E-state index in [-0.39, 0.29) is 5.78 Å². The van der Waals surface area contributed by atoms with Crippen LogP contribution in [-0.2, 0) is 14.4 Å². The van der Waals surface area contributed by atoms with Crippen LogP contribution in [0.2, 0.25) is 0 Å². The fraction of sp³-hybridized carbons (Fsp3) is 0.167. The summed E-state index contributed by atoms with van der Waals surface area (Å²) in [6.45, 7) is 3.19. The van der Waals surface area contributed by atoms with Crippen molar-refractivity contribution in [3.8, 4) is 0 Å². The Kier molecular flexibility index (Phi) is 5.25. The molecule has 0 radical (unpaired) electrons. The minimum atomic E-state index is -0.783. The molecule has 0 bridgehead atoms. The lowest BCUT2D eigenvalue weighted by Gasteiger charge is -2.19. The predicted octanol–water partition coefficient (Wildman–Crippen LogP) is 3.08. The third-order valence-corrected chi connectivity index (χ3v) is 3.15.